The van der Waals surface area contributed by atoms with Crippen molar-refractivity contribution in [3.05, 3.63) is 95.8 Å². The molecule has 4 aromatic rings. The van der Waals surface area contributed by atoms with Crippen LogP contribution in [0.3, 0.4) is 0 Å². The molecule has 37 heavy (non-hydrogen) atoms. The molecule has 0 aliphatic rings. The molecule has 1 aromatic heterocycles. The molecule has 3 aromatic carbocycles. The molecule has 1 heterocycles. The third-order valence-electron chi connectivity index (χ3n) is 5.75. The van der Waals surface area contributed by atoms with E-state index >= 15 is 0 Å². The van der Waals surface area contributed by atoms with E-state index in [2.05, 4.69) is 16.5 Å². The number of allylic oxidation sites excluding steroid dienone is 1. The lowest BCUT2D eigenvalue weighted by Gasteiger charge is -2.13. The maximum absolute atomic E-state index is 12.4. The minimum Gasteiger partial charge on any atom is -0.493 e. The zero-order valence-corrected chi connectivity index (χ0v) is 21.5. The summed E-state index contributed by atoms with van der Waals surface area (Å²) >= 11 is 5.89. The maximum Gasteiger partial charge on any atom is 0.258 e. The monoisotopic (exact) mass is 519 g/mol. The molecule has 7 nitrogen and oxygen atoms in total. The van der Waals surface area contributed by atoms with Gasteiger partial charge < -0.3 is 24.1 Å². The third-order valence-corrected chi connectivity index (χ3v) is 6.00. The van der Waals surface area contributed by atoms with Crippen molar-refractivity contribution in [2.24, 2.45) is 0 Å². The minimum atomic E-state index is -0.233. The molecule has 192 valence electrons. The Labute approximate surface area is 221 Å². The number of hydrogen-bond donors (Lipinski definition) is 1. The molecule has 1 amide bonds. The van der Waals surface area contributed by atoms with E-state index in [1.807, 2.05) is 48.5 Å². The van der Waals surface area contributed by atoms with Crippen molar-refractivity contribution in [1.82, 2.24) is 14.9 Å². The highest BCUT2D eigenvalue weighted by atomic mass is 35.5. The Bertz CT molecular complexity index is 1350. The van der Waals surface area contributed by atoms with Crippen LogP contribution in [-0.4, -0.2) is 35.8 Å². The Hall–Kier alpha value is -3.97. The summed E-state index contributed by atoms with van der Waals surface area (Å²) in [5, 5.41) is 3.51. The topological polar surface area (TPSA) is 74.6 Å². The van der Waals surface area contributed by atoms with Gasteiger partial charge in [0.05, 0.1) is 31.3 Å². The molecule has 8 heteroatoms. The number of aromatic nitrogens is 2. The van der Waals surface area contributed by atoms with E-state index in [0.29, 0.717) is 35.4 Å². The normalized spacial score (nSPS) is 10.8. The minimum absolute atomic E-state index is 0.0941. The van der Waals surface area contributed by atoms with Gasteiger partial charge in [-0.2, -0.15) is 0 Å². The first-order valence-electron chi connectivity index (χ1n) is 12.1. The molecule has 0 saturated carbocycles. The average Bonchev–Trinajstić information content (AvgIpc) is 3.27. The average molecular weight is 520 g/mol. The number of fused-ring (bicyclic) bond motifs is 1. The Kier molecular flexibility index (Phi) is 9.05. The molecule has 0 fully saturated rings. The number of aryl methyl sites for hydroxylation is 1. The van der Waals surface area contributed by atoms with Crippen LogP contribution >= 0.6 is 11.6 Å². The summed E-state index contributed by atoms with van der Waals surface area (Å²) in [6, 6.07) is 20.7. The number of imidazole rings is 1. The molecule has 4 rings (SSSR count). The lowest BCUT2D eigenvalue weighted by Crippen LogP contribution is -2.29. The van der Waals surface area contributed by atoms with Crippen LogP contribution in [0.2, 0.25) is 5.02 Å². The summed E-state index contributed by atoms with van der Waals surface area (Å²) in [6.45, 7) is 5.16. The summed E-state index contributed by atoms with van der Waals surface area (Å²) in [7, 11) is 1.64. The molecule has 1 N–H and O–H groups in total. The van der Waals surface area contributed by atoms with E-state index in [0.717, 1.165) is 35.3 Å². The Balaban J connectivity index is 1.34. The van der Waals surface area contributed by atoms with Gasteiger partial charge in [0.25, 0.3) is 5.91 Å². The van der Waals surface area contributed by atoms with Crippen LogP contribution in [0.5, 0.6) is 17.2 Å². The first kappa shape index (κ1) is 26.1. The predicted octanol–water partition coefficient (Wildman–Crippen LogP) is 5.59. The van der Waals surface area contributed by atoms with Crippen molar-refractivity contribution < 1.29 is 19.0 Å². The number of nitrogens with zero attached hydrogens (tertiary/aromatic N) is 2. The van der Waals surface area contributed by atoms with Crippen LogP contribution in [-0.2, 0) is 24.3 Å². The van der Waals surface area contributed by atoms with Crippen molar-refractivity contribution in [1.29, 1.82) is 0 Å². The number of para-hydroxylation sites is 2. The van der Waals surface area contributed by atoms with Crippen LogP contribution in [0.25, 0.3) is 11.0 Å². The molecule has 0 bridgehead atoms. The second-order valence-electron chi connectivity index (χ2n) is 8.37. The van der Waals surface area contributed by atoms with Crippen LogP contribution in [0.15, 0.2) is 79.4 Å². The van der Waals surface area contributed by atoms with Gasteiger partial charge in [-0.25, -0.2) is 4.98 Å². The quantitative estimate of drug-likeness (QED) is 0.184. The molecule has 0 saturated heterocycles. The summed E-state index contributed by atoms with van der Waals surface area (Å²) in [4.78, 5) is 17.1. The second-order valence-corrected chi connectivity index (χ2v) is 8.80. The Morgan fingerprint density at radius 3 is 2.68 bits per heavy atom. The van der Waals surface area contributed by atoms with Gasteiger partial charge in [-0.05, 0) is 66.9 Å². The lowest BCUT2D eigenvalue weighted by molar-refractivity contribution is -0.123. The van der Waals surface area contributed by atoms with E-state index in [1.54, 1.807) is 31.4 Å². The van der Waals surface area contributed by atoms with Crippen LogP contribution in [0, 0.1) is 0 Å². The largest absolute Gasteiger partial charge is 0.493 e. The van der Waals surface area contributed by atoms with Crippen molar-refractivity contribution >= 4 is 28.5 Å². The molecule has 0 aliphatic carbocycles. The lowest BCUT2D eigenvalue weighted by atomic mass is 10.1. The van der Waals surface area contributed by atoms with Crippen molar-refractivity contribution in [2.75, 3.05) is 20.3 Å². The van der Waals surface area contributed by atoms with Gasteiger partial charge in [-0.1, -0.05) is 35.9 Å². The number of carbonyl (C=O) groups is 1. The maximum atomic E-state index is 12.4. The predicted molar refractivity (Wildman–Crippen MR) is 146 cm³/mol. The number of rotatable bonds is 13. The van der Waals surface area contributed by atoms with Crippen LogP contribution < -0.4 is 19.5 Å². The second kappa shape index (κ2) is 12.8. The highest BCUT2D eigenvalue weighted by molar-refractivity contribution is 6.30. The highest BCUT2D eigenvalue weighted by Crippen LogP contribution is 2.28. The number of amides is 1. The smallest absolute Gasteiger partial charge is 0.258 e. The first-order valence-corrected chi connectivity index (χ1v) is 12.4. The SMILES string of the molecule is C=CCc1ccc(OCCCn2c(CNC(=O)COc3ccc(Cl)cc3)nc3ccccc32)c(OC)c1. The molecule has 0 spiro atoms. The summed E-state index contributed by atoms with van der Waals surface area (Å²) in [6.07, 6.45) is 3.38. The van der Waals surface area contributed by atoms with Crippen molar-refractivity contribution in [2.45, 2.75) is 25.9 Å². The zero-order chi connectivity index (χ0) is 26.0. The van der Waals surface area contributed by atoms with E-state index in [1.165, 1.54) is 0 Å². The molecular formula is C29H30ClN3O4. The Morgan fingerprint density at radius 1 is 1.08 bits per heavy atom. The fourth-order valence-corrected chi connectivity index (χ4v) is 4.07. The summed E-state index contributed by atoms with van der Waals surface area (Å²) in [5.41, 5.74) is 3.01. The van der Waals surface area contributed by atoms with Crippen LogP contribution in [0.4, 0.5) is 0 Å². The fraction of sp³-hybridized carbons (Fsp3) is 0.241. The fourth-order valence-electron chi connectivity index (χ4n) is 3.95. The van der Waals surface area contributed by atoms with E-state index in [4.69, 9.17) is 30.8 Å². The van der Waals surface area contributed by atoms with Gasteiger partial charge in [0.15, 0.2) is 18.1 Å². The number of ether oxygens (including phenoxy) is 3. The third kappa shape index (κ3) is 7.05. The van der Waals surface area contributed by atoms with Crippen molar-refractivity contribution in [3.8, 4) is 17.2 Å². The number of nitrogens with one attached hydrogen (secondary N) is 1. The van der Waals surface area contributed by atoms with Gasteiger partial charge in [0, 0.05) is 11.6 Å². The molecule has 0 aliphatic heterocycles. The van der Waals surface area contributed by atoms with Gasteiger partial charge >= 0.3 is 0 Å². The van der Waals surface area contributed by atoms with Crippen LogP contribution in [0.1, 0.15) is 17.8 Å². The van der Waals surface area contributed by atoms with E-state index < -0.39 is 0 Å². The number of halogens is 1. The molecule has 0 atom stereocenters. The van der Waals surface area contributed by atoms with Gasteiger partial charge in [0.2, 0.25) is 0 Å². The standard InChI is InChI=1S/C29H30ClN3O4/c1-3-7-21-10-15-26(27(18-21)35-2)36-17-6-16-33-25-9-5-4-8-24(25)32-28(33)19-31-29(34)20-37-23-13-11-22(30)12-14-23/h3-5,8-15,18H,1,6-7,16-17,19-20H2,2H3,(H,31,34). The molecule has 0 unspecified atom stereocenters. The van der Waals surface area contributed by atoms with Gasteiger partial charge in [-0.15, -0.1) is 6.58 Å². The molecular weight excluding hydrogens is 490 g/mol. The number of hydrogen-bond acceptors (Lipinski definition) is 5. The van der Waals surface area contributed by atoms with Gasteiger partial charge in [0.1, 0.15) is 11.6 Å². The van der Waals surface area contributed by atoms with Crippen molar-refractivity contribution in [3.63, 3.8) is 0 Å². The zero-order valence-electron chi connectivity index (χ0n) is 20.8. The summed E-state index contributed by atoms with van der Waals surface area (Å²) < 4.78 is 19.1. The van der Waals surface area contributed by atoms with E-state index in [-0.39, 0.29) is 19.1 Å². The summed E-state index contributed by atoms with van der Waals surface area (Å²) in [5.74, 6) is 2.53. The first-order chi connectivity index (χ1) is 18.1. The Morgan fingerprint density at radius 2 is 1.89 bits per heavy atom. The van der Waals surface area contributed by atoms with Gasteiger partial charge in [-0.3, -0.25) is 4.79 Å². The highest BCUT2D eigenvalue weighted by Gasteiger charge is 2.13. The van der Waals surface area contributed by atoms with E-state index in [9.17, 15) is 4.79 Å². The number of benzene rings is 3. The number of methoxy groups -OCH3 is 1. The number of carbonyl (C=O) groups excluding carboxylic acids is 1. The molecule has 0 radical (unpaired) electrons.